The third-order valence-corrected chi connectivity index (χ3v) is 4.17. The zero-order chi connectivity index (χ0) is 20.8. The number of benzene rings is 2. The van der Waals surface area contributed by atoms with Gasteiger partial charge in [-0.05, 0) is 61.0 Å². The molecule has 1 aromatic heterocycles. The number of furan rings is 1. The lowest BCUT2D eigenvalue weighted by Crippen LogP contribution is -2.21. The van der Waals surface area contributed by atoms with Crippen LogP contribution in [0.15, 0.2) is 65.3 Å². The number of rotatable bonds is 6. The fourth-order valence-electron chi connectivity index (χ4n) is 2.42. The highest BCUT2D eigenvalue weighted by atomic mass is 35.5. The zero-order valence-corrected chi connectivity index (χ0v) is 16.2. The molecule has 1 heterocycles. The lowest BCUT2D eigenvalue weighted by Gasteiger charge is -2.10. The first kappa shape index (κ1) is 20.2. The number of aryl methyl sites for hydroxylation is 1. The Kier molecular flexibility index (Phi) is 6.31. The van der Waals surface area contributed by atoms with Crippen LogP contribution in [0, 0.1) is 6.92 Å². The number of hydrogen-bond acceptors (Lipinski definition) is 5. The topological polar surface area (TPSA) is 97.6 Å². The Balaban J connectivity index is 1.52. The van der Waals surface area contributed by atoms with E-state index in [4.69, 9.17) is 20.8 Å². The van der Waals surface area contributed by atoms with Gasteiger partial charge in [-0.3, -0.25) is 9.59 Å². The maximum atomic E-state index is 12.1. The highest BCUT2D eigenvalue weighted by molar-refractivity contribution is 6.31. The molecule has 0 unspecified atom stereocenters. The Hall–Kier alpha value is -3.58. The number of esters is 1. The van der Waals surface area contributed by atoms with Gasteiger partial charge in [0.2, 0.25) is 0 Å². The molecule has 0 atom stereocenters. The van der Waals surface area contributed by atoms with E-state index in [2.05, 4.69) is 10.6 Å². The van der Waals surface area contributed by atoms with Gasteiger partial charge in [0.05, 0.1) is 11.8 Å². The van der Waals surface area contributed by atoms with Crippen LogP contribution >= 0.6 is 11.6 Å². The van der Waals surface area contributed by atoms with E-state index >= 15 is 0 Å². The number of amides is 2. The van der Waals surface area contributed by atoms with E-state index in [-0.39, 0.29) is 11.3 Å². The summed E-state index contributed by atoms with van der Waals surface area (Å²) in [4.78, 5) is 36.0. The van der Waals surface area contributed by atoms with Crippen LogP contribution < -0.4 is 10.6 Å². The van der Waals surface area contributed by atoms with E-state index in [1.807, 2.05) is 6.92 Å². The third-order valence-electron chi connectivity index (χ3n) is 3.93. The van der Waals surface area contributed by atoms with Crippen LogP contribution in [0.3, 0.4) is 0 Å². The van der Waals surface area contributed by atoms with Crippen molar-refractivity contribution >= 4 is 40.8 Å². The summed E-state index contributed by atoms with van der Waals surface area (Å²) in [5, 5.41) is 5.77. The highest BCUT2D eigenvalue weighted by Gasteiger charge is 2.13. The molecule has 3 rings (SSSR count). The van der Waals surface area contributed by atoms with Crippen LogP contribution in [0.5, 0.6) is 0 Å². The Morgan fingerprint density at radius 1 is 1.03 bits per heavy atom. The summed E-state index contributed by atoms with van der Waals surface area (Å²) in [5.41, 5.74) is 2.11. The highest BCUT2D eigenvalue weighted by Crippen LogP contribution is 2.20. The second kappa shape index (κ2) is 9.07. The zero-order valence-electron chi connectivity index (χ0n) is 15.4. The monoisotopic (exact) mass is 412 g/mol. The summed E-state index contributed by atoms with van der Waals surface area (Å²) in [6.07, 6.45) is 1.40. The molecule has 0 saturated heterocycles. The van der Waals surface area contributed by atoms with Crippen molar-refractivity contribution in [2.24, 2.45) is 0 Å². The van der Waals surface area contributed by atoms with Gasteiger partial charge in [-0.1, -0.05) is 17.7 Å². The van der Waals surface area contributed by atoms with Crippen LogP contribution in [0.1, 0.15) is 26.5 Å². The summed E-state index contributed by atoms with van der Waals surface area (Å²) < 4.78 is 10.0. The van der Waals surface area contributed by atoms with Crippen molar-refractivity contribution in [2.45, 2.75) is 6.92 Å². The van der Waals surface area contributed by atoms with Crippen LogP contribution in [-0.2, 0) is 9.53 Å². The van der Waals surface area contributed by atoms with Gasteiger partial charge >= 0.3 is 5.97 Å². The van der Waals surface area contributed by atoms with Crippen molar-refractivity contribution in [2.75, 3.05) is 17.2 Å². The first-order valence-corrected chi connectivity index (χ1v) is 8.98. The molecule has 8 heteroatoms. The molecule has 0 aliphatic rings. The van der Waals surface area contributed by atoms with Crippen molar-refractivity contribution in [3.63, 3.8) is 0 Å². The molecule has 0 radical (unpaired) electrons. The molecule has 0 spiro atoms. The van der Waals surface area contributed by atoms with Gasteiger partial charge in [0.25, 0.3) is 11.8 Å². The molecule has 0 fully saturated rings. The number of hydrogen-bond donors (Lipinski definition) is 2. The van der Waals surface area contributed by atoms with E-state index in [0.29, 0.717) is 16.4 Å². The molecule has 2 N–H and O–H groups in total. The van der Waals surface area contributed by atoms with Crippen LogP contribution in [0.2, 0.25) is 5.02 Å². The van der Waals surface area contributed by atoms with Crippen molar-refractivity contribution in [1.29, 1.82) is 0 Å². The predicted molar refractivity (Wildman–Crippen MR) is 108 cm³/mol. The van der Waals surface area contributed by atoms with E-state index < -0.39 is 24.4 Å². The Bertz CT molecular complexity index is 1030. The van der Waals surface area contributed by atoms with Crippen LogP contribution in [0.4, 0.5) is 11.4 Å². The fraction of sp³-hybridized carbons (Fsp3) is 0.0952. The molecular weight excluding hydrogens is 396 g/mol. The molecule has 148 valence electrons. The number of anilines is 2. The SMILES string of the molecule is Cc1ccc(Cl)cc1NC(=O)COC(=O)c1ccc(NC(=O)c2ccco2)cc1. The molecule has 0 bridgehead atoms. The largest absolute Gasteiger partial charge is 0.459 e. The Morgan fingerprint density at radius 2 is 1.79 bits per heavy atom. The van der Waals surface area contributed by atoms with Gasteiger partial charge in [-0.15, -0.1) is 0 Å². The van der Waals surface area contributed by atoms with Crippen LogP contribution in [0.25, 0.3) is 0 Å². The molecular formula is C21H17ClN2O5. The van der Waals surface area contributed by atoms with Crippen molar-refractivity contribution in [3.05, 3.63) is 82.8 Å². The Morgan fingerprint density at radius 3 is 2.48 bits per heavy atom. The molecule has 0 aliphatic heterocycles. The van der Waals surface area contributed by atoms with E-state index in [1.165, 1.54) is 24.5 Å². The molecule has 7 nitrogen and oxygen atoms in total. The molecule has 0 saturated carbocycles. The standard InChI is InChI=1S/C21H17ClN2O5/c1-13-4-7-15(22)11-17(13)24-19(25)12-29-21(27)14-5-8-16(9-6-14)23-20(26)18-3-2-10-28-18/h2-11H,12H2,1H3,(H,23,26)(H,24,25). The van der Waals surface area contributed by atoms with E-state index in [9.17, 15) is 14.4 Å². The van der Waals surface area contributed by atoms with Crippen molar-refractivity contribution < 1.29 is 23.5 Å². The maximum absolute atomic E-state index is 12.1. The van der Waals surface area contributed by atoms with Gasteiger partial charge in [0.15, 0.2) is 12.4 Å². The van der Waals surface area contributed by atoms with Gasteiger partial charge in [-0.2, -0.15) is 0 Å². The minimum absolute atomic E-state index is 0.175. The van der Waals surface area contributed by atoms with Gasteiger partial charge in [-0.25, -0.2) is 4.79 Å². The Labute approximate surface area is 171 Å². The predicted octanol–water partition coefficient (Wildman–Crippen LogP) is 4.29. The van der Waals surface area contributed by atoms with E-state index in [1.54, 1.807) is 36.4 Å². The molecule has 2 aromatic carbocycles. The van der Waals surface area contributed by atoms with Crippen molar-refractivity contribution in [1.82, 2.24) is 0 Å². The summed E-state index contributed by atoms with van der Waals surface area (Å²) in [5.74, 6) is -1.37. The molecule has 29 heavy (non-hydrogen) atoms. The molecule has 2 amide bonds. The summed E-state index contributed by atoms with van der Waals surface area (Å²) in [6.45, 7) is 1.38. The number of ether oxygens (including phenoxy) is 1. The second-order valence-corrected chi connectivity index (χ2v) is 6.53. The third kappa shape index (κ3) is 5.46. The summed E-state index contributed by atoms with van der Waals surface area (Å²) >= 11 is 5.91. The normalized spacial score (nSPS) is 10.3. The molecule has 3 aromatic rings. The minimum Gasteiger partial charge on any atom is -0.459 e. The number of carbonyl (C=O) groups is 3. The van der Waals surface area contributed by atoms with Gasteiger partial charge in [0, 0.05) is 16.4 Å². The summed E-state index contributed by atoms with van der Waals surface area (Å²) in [6, 6.07) is 14.3. The average molecular weight is 413 g/mol. The van der Waals surface area contributed by atoms with Gasteiger partial charge in [0.1, 0.15) is 0 Å². The van der Waals surface area contributed by atoms with E-state index in [0.717, 1.165) is 5.56 Å². The summed E-state index contributed by atoms with van der Waals surface area (Å²) in [7, 11) is 0. The number of carbonyl (C=O) groups excluding carboxylic acids is 3. The van der Waals surface area contributed by atoms with Crippen molar-refractivity contribution in [3.8, 4) is 0 Å². The second-order valence-electron chi connectivity index (χ2n) is 6.09. The quantitative estimate of drug-likeness (QED) is 0.588. The first-order chi connectivity index (χ1) is 13.9. The molecule has 0 aliphatic carbocycles. The average Bonchev–Trinajstić information content (AvgIpc) is 3.24. The minimum atomic E-state index is -0.660. The first-order valence-electron chi connectivity index (χ1n) is 8.60. The number of halogens is 1. The lowest BCUT2D eigenvalue weighted by atomic mass is 10.2. The lowest BCUT2D eigenvalue weighted by molar-refractivity contribution is -0.119. The fourth-order valence-corrected chi connectivity index (χ4v) is 2.59. The van der Waals surface area contributed by atoms with Crippen LogP contribution in [-0.4, -0.2) is 24.4 Å². The smallest absolute Gasteiger partial charge is 0.338 e. The van der Waals surface area contributed by atoms with Gasteiger partial charge < -0.3 is 19.8 Å². The number of nitrogens with one attached hydrogen (secondary N) is 2. The maximum Gasteiger partial charge on any atom is 0.338 e.